The molecule has 4 heterocycles. The lowest BCUT2D eigenvalue weighted by molar-refractivity contribution is -0.132. The fourth-order valence-electron chi connectivity index (χ4n) is 5.25. The Morgan fingerprint density at radius 1 is 1.04 bits per heavy atom. The number of carbonyl (C=O) groups is 2. The molecule has 46 heavy (non-hydrogen) atoms. The van der Waals surface area contributed by atoms with Crippen molar-refractivity contribution in [3.8, 4) is 11.5 Å². The van der Waals surface area contributed by atoms with E-state index in [0.29, 0.717) is 62.4 Å². The quantitative estimate of drug-likeness (QED) is 0.0507. The Balaban J connectivity index is 1.46. The van der Waals surface area contributed by atoms with Gasteiger partial charge in [-0.05, 0) is 67.8 Å². The van der Waals surface area contributed by atoms with Crippen molar-refractivity contribution < 1.29 is 24.2 Å². The summed E-state index contributed by atoms with van der Waals surface area (Å²) >= 11 is 8.67. The van der Waals surface area contributed by atoms with E-state index in [0.717, 1.165) is 12.0 Å². The molecule has 2 aromatic carbocycles. The molecule has 5 aromatic rings. The zero-order valence-electron chi connectivity index (χ0n) is 25.3. The number of aromatic nitrogens is 4. The van der Waals surface area contributed by atoms with Crippen LogP contribution in [0.3, 0.4) is 0 Å². The number of anilines is 1. The first-order valence-corrected chi connectivity index (χ1v) is 16.8. The third-order valence-electron chi connectivity index (χ3n) is 7.30. The van der Waals surface area contributed by atoms with Crippen LogP contribution in [-0.2, 0) is 15.3 Å². The van der Waals surface area contributed by atoms with Gasteiger partial charge in [0.15, 0.2) is 21.6 Å². The fraction of sp³-hybridized carbons (Fsp3) is 0.242. The number of ketones is 1. The molecule has 1 amide bonds. The maximum Gasteiger partial charge on any atom is 0.301 e. The number of amides is 1. The first kappa shape index (κ1) is 31.6. The summed E-state index contributed by atoms with van der Waals surface area (Å²) in [5.41, 5.74) is 2.91. The number of fused-ring (bicyclic) bond motifs is 1. The van der Waals surface area contributed by atoms with Crippen molar-refractivity contribution in [2.24, 2.45) is 0 Å². The molecule has 1 unspecified atom stereocenters. The number of aliphatic hydroxyl groups excluding tert-OH is 1. The van der Waals surface area contributed by atoms with E-state index in [1.165, 1.54) is 28.0 Å². The Labute approximate surface area is 278 Å². The number of carbonyl (C=O) groups excluding carboxylic acids is 2. The van der Waals surface area contributed by atoms with Crippen molar-refractivity contribution in [2.45, 2.75) is 43.3 Å². The number of hydrogen-bond donors (Lipinski definition) is 1. The highest BCUT2D eigenvalue weighted by molar-refractivity contribution is 8.00. The Kier molecular flexibility index (Phi) is 9.29. The van der Waals surface area contributed by atoms with Crippen LogP contribution >= 0.6 is 34.7 Å². The average Bonchev–Trinajstić information content (AvgIpc) is 3.73. The summed E-state index contributed by atoms with van der Waals surface area (Å²) in [7, 11) is 0. The molecule has 1 aliphatic rings. The number of thioether (sulfide) groups is 1. The summed E-state index contributed by atoms with van der Waals surface area (Å²) in [6, 6.07) is 17.2. The van der Waals surface area contributed by atoms with Crippen molar-refractivity contribution in [1.29, 1.82) is 0 Å². The molecule has 10 nitrogen and oxygen atoms in total. The highest BCUT2D eigenvalue weighted by Gasteiger charge is 2.49. The van der Waals surface area contributed by atoms with Gasteiger partial charge in [0.1, 0.15) is 11.3 Å². The summed E-state index contributed by atoms with van der Waals surface area (Å²) in [6.45, 7) is 6.48. The van der Waals surface area contributed by atoms with Crippen molar-refractivity contribution in [3.05, 3.63) is 100.0 Å². The topological polar surface area (TPSA) is 119 Å². The van der Waals surface area contributed by atoms with Gasteiger partial charge in [0.25, 0.3) is 5.78 Å². The van der Waals surface area contributed by atoms with Crippen molar-refractivity contribution >= 4 is 62.9 Å². The predicted molar refractivity (Wildman–Crippen MR) is 179 cm³/mol. The van der Waals surface area contributed by atoms with Crippen molar-refractivity contribution in [1.82, 2.24) is 19.6 Å². The van der Waals surface area contributed by atoms with E-state index in [-0.39, 0.29) is 16.5 Å². The lowest BCUT2D eigenvalue weighted by Crippen LogP contribution is -2.29. The molecule has 1 saturated heterocycles. The first-order chi connectivity index (χ1) is 22.3. The molecule has 0 radical (unpaired) electrons. The molecule has 0 aliphatic carbocycles. The smallest absolute Gasteiger partial charge is 0.301 e. The zero-order chi connectivity index (χ0) is 32.4. The van der Waals surface area contributed by atoms with Crippen LogP contribution in [0.1, 0.15) is 48.8 Å². The number of Topliss-reactive ketones (excluding diaryl/α,β-unsaturated/α-hetero) is 1. The van der Waals surface area contributed by atoms with Gasteiger partial charge in [0.05, 0.1) is 30.5 Å². The van der Waals surface area contributed by atoms with Gasteiger partial charge in [0.2, 0.25) is 5.13 Å². The number of benzene rings is 2. The van der Waals surface area contributed by atoms with Gasteiger partial charge in [-0.25, -0.2) is 4.98 Å². The average molecular weight is 676 g/mol. The lowest BCUT2D eigenvalue weighted by atomic mass is 9.96. The van der Waals surface area contributed by atoms with Crippen LogP contribution in [0.4, 0.5) is 5.13 Å². The Morgan fingerprint density at radius 2 is 1.85 bits per heavy atom. The SMILES string of the molecule is CCCOc1ccc(C2/C(=C(\O)c3c(C)nc4ccccn34)C(=O)C(=O)N2c2nnc(SCc3ccc(Cl)cc3)s2)cc1OCC. The molecule has 13 heteroatoms. The molecule has 1 fully saturated rings. The Hall–Kier alpha value is -4.39. The van der Waals surface area contributed by atoms with Gasteiger partial charge in [-0.15, -0.1) is 10.2 Å². The second kappa shape index (κ2) is 13.5. The molecule has 3 aromatic heterocycles. The number of aryl methyl sites for hydroxylation is 1. The maximum absolute atomic E-state index is 13.9. The molecule has 6 rings (SSSR count). The minimum absolute atomic E-state index is 0.0889. The number of nitrogens with zero attached hydrogens (tertiary/aromatic N) is 5. The fourth-order valence-corrected chi connectivity index (χ4v) is 7.20. The maximum atomic E-state index is 13.9. The van der Waals surface area contributed by atoms with E-state index >= 15 is 0 Å². The zero-order valence-corrected chi connectivity index (χ0v) is 27.7. The molecule has 236 valence electrons. The number of imidazole rings is 1. The van der Waals surface area contributed by atoms with Gasteiger partial charge in [-0.2, -0.15) is 0 Å². The van der Waals surface area contributed by atoms with Crippen LogP contribution in [0, 0.1) is 6.92 Å². The highest BCUT2D eigenvalue weighted by Crippen LogP contribution is 2.46. The van der Waals surface area contributed by atoms with E-state index in [9.17, 15) is 14.7 Å². The summed E-state index contributed by atoms with van der Waals surface area (Å²) < 4.78 is 14.1. The van der Waals surface area contributed by atoms with E-state index in [1.807, 2.05) is 44.2 Å². The summed E-state index contributed by atoms with van der Waals surface area (Å²) in [5, 5.41) is 21.4. The largest absolute Gasteiger partial charge is 0.505 e. The van der Waals surface area contributed by atoms with Crippen LogP contribution in [0.25, 0.3) is 11.4 Å². The second-order valence-electron chi connectivity index (χ2n) is 10.4. The minimum atomic E-state index is -1.03. The van der Waals surface area contributed by atoms with Crippen molar-refractivity contribution in [2.75, 3.05) is 18.1 Å². The molecule has 0 saturated carbocycles. The van der Waals surface area contributed by atoms with Crippen molar-refractivity contribution in [3.63, 3.8) is 0 Å². The van der Waals surface area contributed by atoms with Gasteiger partial charge < -0.3 is 14.6 Å². The Bertz CT molecular complexity index is 1960. The standard InChI is InChI=1S/C33H30ClN5O5S2/c1-4-16-44-23-14-11-21(17-24(23)43-5-2)28-26(29(40)27-19(3)35-25-8-6-7-15-38(25)27)30(41)31(42)39(28)32-36-37-33(46-32)45-18-20-9-12-22(34)13-10-20/h6-15,17,28,40H,4-5,16,18H2,1-3H3/b29-26+. The highest BCUT2D eigenvalue weighted by atomic mass is 35.5. The summed E-state index contributed by atoms with van der Waals surface area (Å²) in [5.74, 6) is -0.401. The predicted octanol–water partition coefficient (Wildman–Crippen LogP) is 7.25. The number of aliphatic hydroxyl groups is 1. The van der Waals surface area contributed by atoms with E-state index < -0.39 is 17.7 Å². The van der Waals surface area contributed by atoms with Gasteiger partial charge >= 0.3 is 5.91 Å². The second-order valence-corrected chi connectivity index (χ2v) is 13.0. The molecular formula is C33H30ClN5O5S2. The van der Waals surface area contributed by atoms with E-state index in [1.54, 1.807) is 47.9 Å². The Morgan fingerprint density at radius 3 is 2.61 bits per heavy atom. The number of halogens is 1. The molecule has 1 N–H and O–H groups in total. The number of hydrogen-bond acceptors (Lipinski definition) is 10. The summed E-state index contributed by atoms with van der Waals surface area (Å²) in [4.78, 5) is 33.5. The third kappa shape index (κ3) is 6.07. The monoisotopic (exact) mass is 675 g/mol. The first-order valence-electron chi connectivity index (χ1n) is 14.7. The molecule has 1 aliphatic heterocycles. The molecular weight excluding hydrogens is 646 g/mol. The van der Waals surface area contributed by atoms with Crippen LogP contribution in [0.15, 0.2) is 76.8 Å². The third-order valence-corrected chi connectivity index (χ3v) is 9.67. The van der Waals surface area contributed by atoms with Crippen LogP contribution in [-0.4, -0.2) is 49.6 Å². The minimum Gasteiger partial charge on any atom is -0.505 e. The molecule has 1 atom stereocenters. The number of pyridine rings is 1. The van der Waals surface area contributed by atoms with Gasteiger partial charge in [-0.1, -0.05) is 65.9 Å². The summed E-state index contributed by atoms with van der Waals surface area (Å²) in [6.07, 6.45) is 2.55. The molecule has 0 spiro atoms. The van der Waals surface area contributed by atoms with Crippen LogP contribution in [0.5, 0.6) is 11.5 Å². The van der Waals surface area contributed by atoms with E-state index in [2.05, 4.69) is 15.2 Å². The lowest BCUT2D eigenvalue weighted by Gasteiger charge is -2.23. The molecule has 0 bridgehead atoms. The van der Waals surface area contributed by atoms with Gasteiger partial charge in [-0.3, -0.25) is 18.9 Å². The van der Waals surface area contributed by atoms with E-state index in [4.69, 9.17) is 21.1 Å². The normalized spacial score (nSPS) is 16.0. The van der Waals surface area contributed by atoms with Crippen LogP contribution in [0.2, 0.25) is 5.02 Å². The van der Waals surface area contributed by atoms with Crippen LogP contribution < -0.4 is 14.4 Å². The van der Waals surface area contributed by atoms with Gasteiger partial charge in [0, 0.05) is 17.0 Å². The number of ether oxygens (including phenoxy) is 2. The number of rotatable bonds is 11.